The van der Waals surface area contributed by atoms with E-state index in [0.717, 1.165) is 30.8 Å². The second-order valence-corrected chi connectivity index (χ2v) is 3.99. The van der Waals surface area contributed by atoms with Gasteiger partial charge in [-0.3, -0.25) is 0 Å². The summed E-state index contributed by atoms with van der Waals surface area (Å²) in [6.07, 6.45) is 3.11. The summed E-state index contributed by atoms with van der Waals surface area (Å²) >= 11 is 6.05. The molecule has 1 aromatic heterocycles. The van der Waals surface area contributed by atoms with E-state index in [4.69, 9.17) is 11.6 Å². The summed E-state index contributed by atoms with van der Waals surface area (Å²) < 4.78 is 1.67. The van der Waals surface area contributed by atoms with Gasteiger partial charge in [-0.05, 0) is 30.2 Å². The zero-order valence-corrected chi connectivity index (χ0v) is 9.98. The van der Waals surface area contributed by atoms with Crippen molar-refractivity contribution in [1.29, 1.82) is 0 Å². The Bertz CT molecular complexity index is 451. The van der Waals surface area contributed by atoms with Gasteiger partial charge in [-0.2, -0.15) is 0 Å². The van der Waals surface area contributed by atoms with Crippen molar-refractivity contribution in [1.82, 2.24) is 14.8 Å². The van der Waals surface area contributed by atoms with Crippen molar-refractivity contribution < 1.29 is 0 Å². The van der Waals surface area contributed by atoms with Gasteiger partial charge in [0.15, 0.2) is 5.82 Å². The number of benzene rings is 1. The van der Waals surface area contributed by atoms with Crippen LogP contribution in [0.1, 0.15) is 25.6 Å². The molecule has 84 valence electrons. The molecule has 2 rings (SSSR count). The van der Waals surface area contributed by atoms with E-state index >= 15 is 0 Å². The van der Waals surface area contributed by atoms with Crippen LogP contribution in [-0.2, 0) is 6.42 Å². The average Bonchev–Trinajstić information content (AvgIpc) is 2.69. The third-order valence-electron chi connectivity index (χ3n) is 2.37. The summed E-state index contributed by atoms with van der Waals surface area (Å²) in [4.78, 5) is 4.24. The van der Waals surface area contributed by atoms with E-state index in [-0.39, 0.29) is 0 Å². The Labute approximate surface area is 100 Å². The Balaban J connectivity index is 2.25. The molecular formula is C12H14ClN3. The molecule has 16 heavy (non-hydrogen) atoms. The predicted octanol–water partition coefficient (Wildman–Crippen LogP) is 3.26. The summed E-state index contributed by atoms with van der Waals surface area (Å²) in [6.45, 7) is 2.15. The fraction of sp³-hybridized carbons (Fsp3) is 0.333. The summed E-state index contributed by atoms with van der Waals surface area (Å²) in [7, 11) is 0. The first kappa shape index (κ1) is 11.1. The molecule has 0 N–H and O–H groups in total. The van der Waals surface area contributed by atoms with Crippen LogP contribution in [0.25, 0.3) is 5.69 Å². The van der Waals surface area contributed by atoms with Crippen LogP contribution in [0.15, 0.2) is 30.3 Å². The monoisotopic (exact) mass is 235 g/mol. The minimum atomic E-state index is 0.428. The summed E-state index contributed by atoms with van der Waals surface area (Å²) in [5.41, 5.74) is 0.947. The summed E-state index contributed by atoms with van der Waals surface area (Å²) in [5, 5.41) is 4.82. The highest BCUT2D eigenvalue weighted by molar-refractivity contribution is 6.28. The standard InChI is InChI=1S/C12H14ClN3/c1-2-3-9-11-14-12(13)16(15-11)10-7-5-4-6-8-10/h4-8H,2-3,9H2,1H3. The van der Waals surface area contributed by atoms with Crippen molar-refractivity contribution in [3.63, 3.8) is 0 Å². The van der Waals surface area contributed by atoms with Crippen LogP contribution in [0.5, 0.6) is 0 Å². The van der Waals surface area contributed by atoms with Crippen LogP contribution < -0.4 is 0 Å². The van der Waals surface area contributed by atoms with Gasteiger partial charge < -0.3 is 0 Å². The number of aryl methyl sites for hydroxylation is 1. The zero-order chi connectivity index (χ0) is 11.4. The molecule has 1 aromatic carbocycles. The molecule has 2 aromatic rings. The molecule has 0 spiro atoms. The quantitative estimate of drug-likeness (QED) is 0.815. The lowest BCUT2D eigenvalue weighted by atomic mass is 10.2. The minimum absolute atomic E-state index is 0.428. The first-order valence-electron chi connectivity index (χ1n) is 5.48. The highest BCUT2D eigenvalue weighted by Gasteiger charge is 2.08. The van der Waals surface area contributed by atoms with E-state index in [9.17, 15) is 0 Å². The van der Waals surface area contributed by atoms with E-state index in [1.807, 2.05) is 30.3 Å². The smallest absolute Gasteiger partial charge is 0.203 e. The van der Waals surface area contributed by atoms with Crippen molar-refractivity contribution >= 4 is 11.6 Å². The number of aromatic nitrogens is 3. The number of halogens is 1. The van der Waals surface area contributed by atoms with Crippen LogP contribution in [0, 0.1) is 0 Å². The maximum Gasteiger partial charge on any atom is 0.225 e. The molecule has 0 aliphatic carbocycles. The topological polar surface area (TPSA) is 30.7 Å². The van der Waals surface area contributed by atoms with E-state index in [2.05, 4.69) is 17.0 Å². The lowest BCUT2D eigenvalue weighted by Crippen LogP contribution is -1.97. The molecule has 4 heteroatoms. The number of unbranched alkanes of at least 4 members (excludes halogenated alkanes) is 1. The Hall–Kier alpha value is -1.35. The first-order chi connectivity index (χ1) is 7.81. The minimum Gasteiger partial charge on any atom is -0.203 e. The summed E-state index contributed by atoms with van der Waals surface area (Å²) in [6, 6.07) is 9.80. The van der Waals surface area contributed by atoms with E-state index < -0.39 is 0 Å². The largest absolute Gasteiger partial charge is 0.225 e. The van der Waals surface area contributed by atoms with Crippen LogP contribution >= 0.6 is 11.6 Å². The van der Waals surface area contributed by atoms with Gasteiger partial charge in [0, 0.05) is 6.42 Å². The fourth-order valence-electron chi connectivity index (χ4n) is 1.51. The number of hydrogen-bond acceptors (Lipinski definition) is 2. The molecule has 3 nitrogen and oxygen atoms in total. The van der Waals surface area contributed by atoms with E-state index in [1.54, 1.807) is 4.68 Å². The van der Waals surface area contributed by atoms with Gasteiger partial charge in [0.05, 0.1) is 5.69 Å². The maximum absolute atomic E-state index is 6.05. The molecule has 0 aliphatic heterocycles. The molecule has 0 unspecified atom stereocenters. The first-order valence-corrected chi connectivity index (χ1v) is 5.86. The SMILES string of the molecule is CCCCc1nc(Cl)n(-c2ccccc2)n1. The van der Waals surface area contributed by atoms with Gasteiger partial charge in [0.2, 0.25) is 5.28 Å². The molecule has 0 bridgehead atoms. The molecule has 0 amide bonds. The fourth-order valence-corrected chi connectivity index (χ4v) is 1.74. The third-order valence-corrected chi connectivity index (χ3v) is 2.61. The van der Waals surface area contributed by atoms with Crippen molar-refractivity contribution in [3.05, 3.63) is 41.4 Å². The van der Waals surface area contributed by atoms with Crippen molar-refractivity contribution in [2.45, 2.75) is 26.2 Å². The molecule has 0 saturated heterocycles. The number of hydrogen-bond donors (Lipinski definition) is 0. The highest BCUT2D eigenvalue weighted by atomic mass is 35.5. The number of nitrogens with zero attached hydrogens (tertiary/aromatic N) is 3. The lowest BCUT2D eigenvalue weighted by Gasteiger charge is -1.99. The Morgan fingerprint density at radius 3 is 2.69 bits per heavy atom. The number of rotatable bonds is 4. The van der Waals surface area contributed by atoms with Crippen LogP contribution in [0.4, 0.5) is 0 Å². The average molecular weight is 236 g/mol. The molecule has 1 heterocycles. The van der Waals surface area contributed by atoms with Gasteiger partial charge in [0.25, 0.3) is 0 Å². The van der Waals surface area contributed by atoms with Crippen molar-refractivity contribution in [2.75, 3.05) is 0 Å². The zero-order valence-electron chi connectivity index (χ0n) is 9.23. The lowest BCUT2D eigenvalue weighted by molar-refractivity contribution is 0.742. The van der Waals surface area contributed by atoms with Gasteiger partial charge in [-0.25, -0.2) is 9.67 Å². The van der Waals surface area contributed by atoms with Gasteiger partial charge in [-0.15, -0.1) is 5.10 Å². The van der Waals surface area contributed by atoms with Crippen LogP contribution in [0.3, 0.4) is 0 Å². The molecule has 0 aliphatic rings. The molecule has 0 atom stereocenters. The van der Waals surface area contributed by atoms with Gasteiger partial charge in [-0.1, -0.05) is 31.5 Å². The van der Waals surface area contributed by atoms with Gasteiger partial charge >= 0.3 is 0 Å². The predicted molar refractivity (Wildman–Crippen MR) is 65.0 cm³/mol. The maximum atomic E-state index is 6.05. The second kappa shape index (κ2) is 5.12. The van der Waals surface area contributed by atoms with Crippen molar-refractivity contribution in [3.8, 4) is 5.69 Å². The molecule has 0 fully saturated rings. The number of para-hydroxylation sites is 1. The van der Waals surface area contributed by atoms with Crippen LogP contribution in [-0.4, -0.2) is 14.8 Å². The van der Waals surface area contributed by atoms with E-state index in [0.29, 0.717) is 5.28 Å². The highest BCUT2D eigenvalue weighted by Crippen LogP contribution is 2.14. The van der Waals surface area contributed by atoms with Crippen molar-refractivity contribution in [2.24, 2.45) is 0 Å². The second-order valence-electron chi connectivity index (χ2n) is 3.65. The molecular weight excluding hydrogens is 222 g/mol. The molecule has 0 saturated carbocycles. The molecule has 0 radical (unpaired) electrons. The Morgan fingerprint density at radius 1 is 1.25 bits per heavy atom. The van der Waals surface area contributed by atoms with Gasteiger partial charge in [0.1, 0.15) is 0 Å². The normalized spacial score (nSPS) is 10.6. The Morgan fingerprint density at radius 2 is 2.00 bits per heavy atom. The third kappa shape index (κ3) is 2.42. The van der Waals surface area contributed by atoms with Crippen LogP contribution in [0.2, 0.25) is 5.28 Å². The Kier molecular flexibility index (Phi) is 3.57. The summed E-state index contributed by atoms with van der Waals surface area (Å²) in [5.74, 6) is 0.815. The van der Waals surface area contributed by atoms with E-state index in [1.165, 1.54) is 0 Å².